The van der Waals surface area contributed by atoms with Crippen molar-refractivity contribution in [1.82, 2.24) is 0 Å². The molecule has 0 radical (unpaired) electrons. The molecule has 3 atom stereocenters. The SMILES string of the molecule is C.Cc1c(C)c2c(c(C)c1OCC(=O)O)CC[C@@](C)(CCC[C@H](C)CCC[C@H](C)CCCC(C)C)O2. The Kier molecular flexibility index (Phi) is 13.4. The molecule has 1 N–H and O–H groups in total. The number of hydrogen-bond donors (Lipinski definition) is 1. The zero-order chi connectivity index (χ0) is 26.2. The molecule has 1 aliphatic heterocycles. The fourth-order valence-electron chi connectivity index (χ4n) is 5.61. The van der Waals surface area contributed by atoms with Gasteiger partial charge in [-0.2, -0.15) is 0 Å². The summed E-state index contributed by atoms with van der Waals surface area (Å²) in [6.45, 7) is 17.5. The van der Waals surface area contributed by atoms with Crippen LogP contribution in [0.1, 0.15) is 129 Å². The molecule has 0 saturated heterocycles. The minimum Gasteiger partial charge on any atom is -0.487 e. The second-order valence-electron chi connectivity index (χ2n) is 12.1. The molecule has 1 aromatic rings. The van der Waals surface area contributed by atoms with Crippen molar-refractivity contribution in [1.29, 1.82) is 0 Å². The summed E-state index contributed by atoms with van der Waals surface area (Å²) in [6.07, 6.45) is 13.7. The van der Waals surface area contributed by atoms with E-state index in [0.717, 1.165) is 59.5 Å². The molecule has 0 saturated carbocycles. The second-order valence-corrected chi connectivity index (χ2v) is 12.1. The molecular formula is C32H56O4. The number of hydrogen-bond acceptors (Lipinski definition) is 3. The van der Waals surface area contributed by atoms with Crippen LogP contribution in [-0.4, -0.2) is 23.3 Å². The van der Waals surface area contributed by atoms with E-state index < -0.39 is 5.97 Å². The van der Waals surface area contributed by atoms with Crippen LogP contribution in [0.25, 0.3) is 0 Å². The average molecular weight is 505 g/mol. The van der Waals surface area contributed by atoms with Gasteiger partial charge < -0.3 is 14.6 Å². The Morgan fingerprint density at radius 3 is 2.03 bits per heavy atom. The highest BCUT2D eigenvalue weighted by Crippen LogP contribution is 2.45. The van der Waals surface area contributed by atoms with Crippen LogP contribution in [0, 0.1) is 38.5 Å². The predicted molar refractivity (Wildman–Crippen MR) is 153 cm³/mol. The maximum atomic E-state index is 11.0. The molecule has 0 fully saturated rings. The van der Waals surface area contributed by atoms with Gasteiger partial charge in [-0.1, -0.05) is 80.1 Å². The Balaban J connectivity index is 0.00000648. The first-order chi connectivity index (χ1) is 16.4. The number of aliphatic carboxylic acids is 1. The number of carboxylic acid groups (broad SMARTS) is 1. The first kappa shape index (κ1) is 32.3. The standard InChI is InChI=1S/C31H52O4.CH4/c1-21(2)12-9-13-22(3)14-10-15-23(4)16-11-18-31(8)19-17-27-26(7)29(34-20-28(32)33)24(5)25(6)30(27)35-31;/h21-23H,9-20H2,1-8H3,(H,32,33);1H4/t22-,23-,31-;/m1./s1. The van der Waals surface area contributed by atoms with Crippen LogP contribution >= 0.6 is 0 Å². The van der Waals surface area contributed by atoms with Crippen LogP contribution in [0.4, 0.5) is 0 Å². The summed E-state index contributed by atoms with van der Waals surface area (Å²) in [4.78, 5) is 11.0. The number of carboxylic acids is 1. The number of rotatable bonds is 15. The Bertz CT molecular complexity index is 828. The van der Waals surface area contributed by atoms with Crippen LogP contribution in [0.15, 0.2) is 0 Å². The van der Waals surface area contributed by atoms with Gasteiger partial charge in [0.1, 0.15) is 17.1 Å². The van der Waals surface area contributed by atoms with Gasteiger partial charge in [0, 0.05) is 5.56 Å². The van der Waals surface area contributed by atoms with E-state index in [9.17, 15) is 4.79 Å². The highest BCUT2D eigenvalue weighted by molar-refractivity contribution is 5.69. The molecular weight excluding hydrogens is 448 g/mol. The van der Waals surface area contributed by atoms with Crippen molar-refractivity contribution in [2.45, 2.75) is 139 Å². The van der Waals surface area contributed by atoms with Gasteiger partial charge in [-0.3, -0.25) is 0 Å². The van der Waals surface area contributed by atoms with Gasteiger partial charge in [-0.25, -0.2) is 4.79 Å². The molecule has 0 aliphatic carbocycles. The number of ether oxygens (including phenoxy) is 2. The van der Waals surface area contributed by atoms with E-state index in [-0.39, 0.29) is 19.6 Å². The molecule has 0 spiro atoms. The Morgan fingerprint density at radius 1 is 0.917 bits per heavy atom. The van der Waals surface area contributed by atoms with Crippen molar-refractivity contribution in [2.75, 3.05) is 6.61 Å². The smallest absolute Gasteiger partial charge is 0.341 e. The topological polar surface area (TPSA) is 55.8 Å². The first-order valence-electron chi connectivity index (χ1n) is 14.1. The zero-order valence-corrected chi connectivity index (χ0v) is 23.9. The van der Waals surface area contributed by atoms with Gasteiger partial charge >= 0.3 is 5.97 Å². The highest BCUT2D eigenvalue weighted by Gasteiger charge is 2.34. The molecule has 0 aromatic heterocycles. The third-order valence-electron chi connectivity index (χ3n) is 8.18. The number of carbonyl (C=O) groups is 1. The maximum Gasteiger partial charge on any atom is 0.341 e. The van der Waals surface area contributed by atoms with Crippen molar-refractivity contribution in [3.05, 3.63) is 22.3 Å². The average Bonchev–Trinajstić information content (AvgIpc) is 2.77. The first-order valence-corrected chi connectivity index (χ1v) is 14.1. The Morgan fingerprint density at radius 2 is 1.47 bits per heavy atom. The van der Waals surface area contributed by atoms with Gasteiger partial charge in [-0.15, -0.1) is 0 Å². The van der Waals surface area contributed by atoms with E-state index >= 15 is 0 Å². The summed E-state index contributed by atoms with van der Waals surface area (Å²) in [7, 11) is 0. The van der Waals surface area contributed by atoms with Crippen LogP contribution in [-0.2, 0) is 11.2 Å². The molecule has 1 aromatic carbocycles. The summed E-state index contributed by atoms with van der Waals surface area (Å²) in [6, 6.07) is 0. The van der Waals surface area contributed by atoms with Crippen LogP contribution in [0.2, 0.25) is 0 Å². The van der Waals surface area contributed by atoms with Crippen molar-refractivity contribution < 1.29 is 19.4 Å². The second kappa shape index (κ2) is 14.9. The number of fused-ring (bicyclic) bond motifs is 1. The summed E-state index contributed by atoms with van der Waals surface area (Å²) >= 11 is 0. The lowest BCUT2D eigenvalue weighted by atomic mass is 9.83. The summed E-state index contributed by atoms with van der Waals surface area (Å²) in [5.74, 6) is 3.22. The molecule has 0 unspecified atom stereocenters. The lowest BCUT2D eigenvalue weighted by molar-refractivity contribution is -0.139. The molecule has 0 bridgehead atoms. The largest absolute Gasteiger partial charge is 0.487 e. The molecule has 36 heavy (non-hydrogen) atoms. The van der Waals surface area contributed by atoms with Crippen molar-refractivity contribution in [3.8, 4) is 11.5 Å². The summed E-state index contributed by atoms with van der Waals surface area (Å²) in [5.41, 5.74) is 4.14. The zero-order valence-electron chi connectivity index (χ0n) is 23.9. The predicted octanol–water partition coefficient (Wildman–Crippen LogP) is 9.23. The fraction of sp³-hybridized carbons (Fsp3) is 0.781. The lowest BCUT2D eigenvalue weighted by Crippen LogP contribution is -2.37. The van der Waals surface area contributed by atoms with Gasteiger partial charge in [0.15, 0.2) is 6.61 Å². The van der Waals surface area contributed by atoms with Crippen molar-refractivity contribution >= 4 is 5.97 Å². The quantitative estimate of drug-likeness (QED) is 0.258. The molecule has 0 amide bonds. The van der Waals surface area contributed by atoms with Crippen LogP contribution < -0.4 is 9.47 Å². The van der Waals surface area contributed by atoms with E-state index in [0.29, 0.717) is 5.75 Å². The van der Waals surface area contributed by atoms with Gasteiger partial charge in [0.25, 0.3) is 0 Å². The molecule has 4 heteroatoms. The van der Waals surface area contributed by atoms with Gasteiger partial charge in [0.05, 0.1) is 0 Å². The summed E-state index contributed by atoms with van der Waals surface area (Å²) < 4.78 is 12.3. The molecule has 208 valence electrons. The fourth-order valence-corrected chi connectivity index (χ4v) is 5.61. The van der Waals surface area contributed by atoms with E-state index in [2.05, 4.69) is 41.5 Å². The Labute approximate surface area is 222 Å². The molecule has 2 rings (SSSR count). The van der Waals surface area contributed by atoms with Crippen molar-refractivity contribution in [3.63, 3.8) is 0 Å². The third kappa shape index (κ3) is 9.63. The van der Waals surface area contributed by atoms with Gasteiger partial charge in [-0.05, 0) is 87.8 Å². The third-order valence-corrected chi connectivity index (χ3v) is 8.18. The normalized spacial score (nSPS) is 18.7. The van der Waals surface area contributed by atoms with Crippen LogP contribution in [0.5, 0.6) is 11.5 Å². The Hall–Kier alpha value is -1.71. The summed E-state index contributed by atoms with van der Waals surface area (Å²) in [5, 5.41) is 9.02. The van der Waals surface area contributed by atoms with Crippen LogP contribution in [0.3, 0.4) is 0 Å². The van der Waals surface area contributed by atoms with E-state index in [1.807, 2.05) is 13.8 Å². The molecule has 1 aliphatic rings. The van der Waals surface area contributed by atoms with E-state index in [4.69, 9.17) is 14.6 Å². The lowest BCUT2D eigenvalue weighted by Gasteiger charge is -2.38. The monoisotopic (exact) mass is 504 g/mol. The molecule has 4 nitrogen and oxygen atoms in total. The van der Waals surface area contributed by atoms with Gasteiger partial charge in [0.2, 0.25) is 0 Å². The van der Waals surface area contributed by atoms with E-state index in [1.54, 1.807) is 0 Å². The van der Waals surface area contributed by atoms with Crippen molar-refractivity contribution in [2.24, 2.45) is 17.8 Å². The maximum absolute atomic E-state index is 11.0. The minimum absolute atomic E-state index is 0. The minimum atomic E-state index is -0.951. The number of benzene rings is 1. The highest BCUT2D eigenvalue weighted by atomic mass is 16.5. The molecule has 1 heterocycles. The van der Waals surface area contributed by atoms with E-state index in [1.165, 1.54) is 56.9 Å².